The van der Waals surface area contributed by atoms with Crippen LogP contribution in [0.5, 0.6) is 11.5 Å². The Bertz CT molecular complexity index is 582. The first-order chi connectivity index (χ1) is 8.78. The van der Waals surface area contributed by atoms with Crippen molar-refractivity contribution >= 4 is 0 Å². The summed E-state index contributed by atoms with van der Waals surface area (Å²) >= 11 is 0. The molecule has 0 amide bonds. The first-order valence-corrected chi connectivity index (χ1v) is 6.03. The van der Waals surface area contributed by atoms with E-state index < -0.39 is 0 Å². The van der Waals surface area contributed by atoms with Crippen molar-refractivity contribution in [1.29, 1.82) is 0 Å². The van der Waals surface area contributed by atoms with Crippen LogP contribution >= 0.6 is 0 Å². The molecule has 0 radical (unpaired) electrons. The molecular weight excluding hydrogens is 229 g/mol. The lowest BCUT2D eigenvalue weighted by molar-refractivity contribution is 0.472. The van der Waals surface area contributed by atoms with Crippen molar-refractivity contribution in [3.8, 4) is 11.5 Å². The molecule has 2 aromatic carbocycles. The van der Waals surface area contributed by atoms with Crippen LogP contribution in [0.1, 0.15) is 17.0 Å². The normalized spacial score (nSPS) is 17.3. The minimum Gasteiger partial charge on any atom is -0.457 e. The van der Waals surface area contributed by atoms with E-state index in [9.17, 15) is 4.39 Å². The predicted octanol–water partition coefficient (Wildman–Crippen LogP) is 3.22. The Morgan fingerprint density at radius 2 is 2.00 bits per heavy atom. The molecule has 92 valence electrons. The second-order valence-corrected chi connectivity index (χ2v) is 4.53. The molecule has 18 heavy (non-hydrogen) atoms. The molecule has 0 spiro atoms. The minimum absolute atomic E-state index is 0.171. The van der Waals surface area contributed by atoms with Crippen LogP contribution in [-0.4, -0.2) is 6.54 Å². The summed E-state index contributed by atoms with van der Waals surface area (Å²) in [6, 6.07) is 12.5. The van der Waals surface area contributed by atoms with Gasteiger partial charge in [-0.25, -0.2) is 4.39 Å². The standard InChI is InChI=1S/C15H14FNO/c16-12-5-6-13-11(9-17)7-10-3-1-2-4-14(10)18-15(13)8-12/h1-6,8,11H,7,9,17H2. The lowest BCUT2D eigenvalue weighted by Gasteiger charge is -2.14. The topological polar surface area (TPSA) is 35.2 Å². The Morgan fingerprint density at radius 3 is 2.83 bits per heavy atom. The van der Waals surface area contributed by atoms with Crippen LogP contribution in [0.15, 0.2) is 42.5 Å². The van der Waals surface area contributed by atoms with Crippen LogP contribution in [-0.2, 0) is 6.42 Å². The Labute approximate surface area is 105 Å². The van der Waals surface area contributed by atoms with Gasteiger partial charge in [0.25, 0.3) is 0 Å². The van der Waals surface area contributed by atoms with Gasteiger partial charge in [0.15, 0.2) is 0 Å². The number of ether oxygens (including phenoxy) is 1. The number of hydrogen-bond donors (Lipinski definition) is 1. The average Bonchev–Trinajstić information content (AvgIpc) is 2.53. The van der Waals surface area contributed by atoms with Crippen molar-refractivity contribution in [2.24, 2.45) is 5.73 Å². The molecule has 0 fully saturated rings. The SMILES string of the molecule is NCC1Cc2ccccc2Oc2cc(F)ccc21. The highest BCUT2D eigenvalue weighted by Crippen LogP contribution is 2.39. The Balaban J connectivity index is 2.14. The van der Waals surface area contributed by atoms with Gasteiger partial charge in [0.05, 0.1) is 0 Å². The third-order valence-corrected chi connectivity index (χ3v) is 3.36. The summed E-state index contributed by atoms with van der Waals surface area (Å²) in [6.45, 7) is 0.524. The van der Waals surface area contributed by atoms with Gasteiger partial charge in [-0.15, -0.1) is 0 Å². The lowest BCUT2D eigenvalue weighted by Crippen LogP contribution is -2.14. The average molecular weight is 243 g/mol. The molecular formula is C15H14FNO. The van der Waals surface area contributed by atoms with E-state index in [4.69, 9.17) is 10.5 Å². The largest absolute Gasteiger partial charge is 0.457 e. The van der Waals surface area contributed by atoms with E-state index in [1.165, 1.54) is 12.1 Å². The molecule has 2 aromatic rings. The minimum atomic E-state index is -0.288. The third-order valence-electron chi connectivity index (χ3n) is 3.36. The van der Waals surface area contributed by atoms with Gasteiger partial charge in [-0.05, 0) is 36.2 Å². The molecule has 0 aliphatic carbocycles. The molecule has 2 nitrogen and oxygen atoms in total. The van der Waals surface area contributed by atoms with Crippen molar-refractivity contribution in [3.63, 3.8) is 0 Å². The van der Waals surface area contributed by atoms with E-state index in [0.29, 0.717) is 12.3 Å². The third kappa shape index (κ3) is 1.87. The number of para-hydroxylation sites is 1. The first-order valence-electron chi connectivity index (χ1n) is 6.03. The highest BCUT2D eigenvalue weighted by atomic mass is 19.1. The fraction of sp³-hybridized carbons (Fsp3) is 0.200. The van der Waals surface area contributed by atoms with Gasteiger partial charge in [-0.2, -0.15) is 0 Å². The maximum atomic E-state index is 13.3. The summed E-state index contributed by atoms with van der Waals surface area (Å²) in [4.78, 5) is 0. The number of rotatable bonds is 1. The number of fused-ring (bicyclic) bond motifs is 2. The van der Waals surface area contributed by atoms with Crippen molar-refractivity contribution in [3.05, 3.63) is 59.4 Å². The van der Waals surface area contributed by atoms with Crippen LogP contribution in [0.25, 0.3) is 0 Å². The number of benzene rings is 2. The van der Waals surface area contributed by atoms with Gasteiger partial charge in [0.2, 0.25) is 0 Å². The van der Waals surface area contributed by atoms with Crippen LogP contribution in [0, 0.1) is 5.82 Å². The molecule has 3 heteroatoms. The van der Waals surface area contributed by atoms with E-state index in [1.54, 1.807) is 6.07 Å². The Morgan fingerprint density at radius 1 is 1.17 bits per heavy atom. The van der Waals surface area contributed by atoms with Gasteiger partial charge in [-0.3, -0.25) is 0 Å². The van der Waals surface area contributed by atoms with Crippen LogP contribution in [0.2, 0.25) is 0 Å². The van der Waals surface area contributed by atoms with Crippen LogP contribution < -0.4 is 10.5 Å². The number of halogens is 1. The van der Waals surface area contributed by atoms with Crippen LogP contribution in [0.4, 0.5) is 4.39 Å². The summed E-state index contributed by atoms with van der Waals surface area (Å²) in [7, 11) is 0. The van der Waals surface area contributed by atoms with Gasteiger partial charge in [0.1, 0.15) is 17.3 Å². The van der Waals surface area contributed by atoms with E-state index >= 15 is 0 Å². The van der Waals surface area contributed by atoms with Gasteiger partial charge < -0.3 is 10.5 Å². The lowest BCUT2D eigenvalue weighted by atomic mass is 9.92. The molecule has 0 saturated carbocycles. The van der Waals surface area contributed by atoms with E-state index in [-0.39, 0.29) is 11.7 Å². The highest BCUT2D eigenvalue weighted by molar-refractivity contribution is 5.47. The van der Waals surface area contributed by atoms with Crippen molar-refractivity contribution < 1.29 is 9.13 Å². The van der Waals surface area contributed by atoms with Crippen molar-refractivity contribution in [2.45, 2.75) is 12.3 Å². The monoisotopic (exact) mass is 243 g/mol. The quantitative estimate of drug-likeness (QED) is 0.834. The van der Waals surface area contributed by atoms with Crippen molar-refractivity contribution in [2.75, 3.05) is 6.54 Å². The molecule has 0 bridgehead atoms. The second kappa shape index (κ2) is 4.42. The van der Waals surface area contributed by atoms with E-state index in [1.807, 2.05) is 24.3 Å². The Hall–Kier alpha value is -1.87. The van der Waals surface area contributed by atoms with E-state index in [2.05, 4.69) is 0 Å². The van der Waals surface area contributed by atoms with Gasteiger partial charge in [0, 0.05) is 12.0 Å². The van der Waals surface area contributed by atoms with Gasteiger partial charge >= 0.3 is 0 Å². The summed E-state index contributed by atoms with van der Waals surface area (Å²) in [5, 5.41) is 0. The summed E-state index contributed by atoms with van der Waals surface area (Å²) < 4.78 is 19.1. The fourth-order valence-electron chi connectivity index (χ4n) is 2.41. The summed E-state index contributed by atoms with van der Waals surface area (Å²) in [5.74, 6) is 1.25. The second-order valence-electron chi connectivity index (χ2n) is 4.53. The molecule has 2 N–H and O–H groups in total. The van der Waals surface area contributed by atoms with Crippen LogP contribution in [0.3, 0.4) is 0 Å². The highest BCUT2D eigenvalue weighted by Gasteiger charge is 2.22. The zero-order valence-corrected chi connectivity index (χ0v) is 9.90. The molecule has 1 heterocycles. The van der Waals surface area contributed by atoms with Gasteiger partial charge in [-0.1, -0.05) is 24.3 Å². The number of nitrogens with two attached hydrogens (primary N) is 1. The molecule has 1 atom stereocenters. The van der Waals surface area contributed by atoms with Crippen molar-refractivity contribution in [1.82, 2.24) is 0 Å². The zero-order chi connectivity index (χ0) is 12.5. The maximum absolute atomic E-state index is 13.3. The van der Waals surface area contributed by atoms with E-state index in [0.717, 1.165) is 23.3 Å². The molecule has 3 rings (SSSR count). The number of hydrogen-bond acceptors (Lipinski definition) is 2. The smallest absolute Gasteiger partial charge is 0.133 e. The molecule has 1 unspecified atom stereocenters. The predicted molar refractivity (Wildman–Crippen MR) is 68.4 cm³/mol. The fourth-order valence-corrected chi connectivity index (χ4v) is 2.41. The molecule has 0 saturated heterocycles. The maximum Gasteiger partial charge on any atom is 0.133 e. The zero-order valence-electron chi connectivity index (χ0n) is 9.90. The Kier molecular flexibility index (Phi) is 2.76. The molecule has 1 aliphatic rings. The molecule has 0 aromatic heterocycles. The summed E-state index contributed by atoms with van der Waals surface area (Å²) in [5.41, 5.74) is 7.93. The molecule has 1 aliphatic heterocycles. The summed E-state index contributed by atoms with van der Waals surface area (Å²) in [6.07, 6.45) is 0.825. The first kappa shape index (κ1) is 11.2.